The average molecular weight is 925 g/mol. The Kier molecular flexibility index (Phi) is 7.84. The summed E-state index contributed by atoms with van der Waals surface area (Å²) in [4.78, 5) is 10.4. The minimum absolute atomic E-state index is 0. The second kappa shape index (κ2) is 12.2. The van der Waals surface area contributed by atoms with Gasteiger partial charge in [0.15, 0.2) is 0 Å². The van der Waals surface area contributed by atoms with Crippen molar-refractivity contribution in [1.29, 1.82) is 0 Å². The van der Waals surface area contributed by atoms with Crippen molar-refractivity contribution >= 4 is 27.7 Å². The summed E-state index contributed by atoms with van der Waals surface area (Å²) in [6.45, 7) is 29.8. The largest absolute Gasteiger partial charge is 2.00 e. The third-order valence-electron chi connectivity index (χ3n) is 12.7. The van der Waals surface area contributed by atoms with E-state index in [4.69, 9.17) is 19.5 Å². The van der Waals surface area contributed by atoms with Gasteiger partial charge in [-0.25, -0.2) is 4.98 Å². The third kappa shape index (κ3) is 5.28. The monoisotopic (exact) mass is 924 g/mol. The van der Waals surface area contributed by atoms with Gasteiger partial charge < -0.3 is 14.0 Å². The summed E-state index contributed by atoms with van der Waals surface area (Å²) in [5.41, 5.74) is 9.76. The molecule has 6 aromatic rings. The quantitative estimate of drug-likeness (QED) is 0.166. The molecule has 56 heavy (non-hydrogen) atoms. The second-order valence-electron chi connectivity index (χ2n) is 19.2. The molecule has 2 aliphatic heterocycles. The van der Waals surface area contributed by atoms with Crippen LogP contribution in [-0.2, 0) is 48.5 Å². The molecule has 0 radical (unpaired) electrons. The van der Waals surface area contributed by atoms with Crippen molar-refractivity contribution in [1.82, 2.24) is 9.55 Å². The van der Waals surface area contributed by atoms with Gasteiger partial charge in [-0.05, 0) is 84.9 Å². The summed E-state index contributed by atoms with van der Waals surface area (Å²) in [7, 11) is 0. The van der Waals surface area contributed by atoms with Crippen LogP contribution in [0, 0.1) is 52.2 Å². The van der Waals surface area contributed by atoms with Crippen LogP contribution in [0.1, 0.15) is 126 Å². The van der Waals surface area contributed by atoms with Gasteiger partial charge in [-0.1, -0.05) is 115 Å². The van der Waals surface area contributed by atoms with E-state index in [1.165, 1.54) is 22.1 Å². The van der Waals surface area contributed by atoms with E-state index < -0.39 is 22.9 Å². The van der Waals surface area contributed by atoms with E-state index in [0.717, 1.165) is 55.6 Å². The molecule has 290 valence electrons. The third-order valence-corrected chi connectivity index (χ3v) is 12.7. The van der Waals surface area contributed by atoms with Crippen LogP contribution in [0.4, 0.5) is 0 Å². The van der Waals surface area contributed by atoms with Crippen LogP contribution in [0.2, 0.25) is 0 Å². The Morgan fingerprint density at radius 3 is 2.18 bits per heavy atom. The molecule has 1 aliphatic carbocycles. The Bertz CT molecular complexity index is 2800. The van der Waals surface area contributed by atoms with E-state index in [2.05, 4.69) is 136 Å². The first-order chi connectivity index (χ1) is 26.4. The molecule has 0 saturated carbocycles. The number of ether oxygens (including phenoxy) is 2. The number of hydrogen-bond donors (Lipinski definition) is 0. The van der Waals surface area contributed by atoms with Crippen molar-refractivity contribution in [3.05, 3.63) is 128 Å². The van der Waals surface area contributed by atoms with E-state index in [0.29, 0.717) is 28.5 Å². The van der Waals surface area contributed by atoms with Gasteiger partial charge in [0.2, 0.25) is 0 Å². The van der Waals surface area contributed by atoms with E-state index in [1.54, 1.807) is 0 Å². The summed E-state index contributed by atoms with van der Waals surface area (Å²) in [5.74, 6) is 2.42. The molecule has 4 aromatic carbocycles. The minimum Gasteiger partial charge on any atom is -0.510 e. The number of hydrogen-bond acceptors (Lipinski definition) is 4. The van der Waals surface area contributed by atoms with Crippen LogP contribution >= 0.6 is 0 Å². The first-order valence-electron chi connectivity index (χ1n) is 20.6. The maximum absolute atomic E-state index is 9.77. The van der Waals surface area contributed by atoms with Gasteiger partial charge in [0.25, 0.3) is 0 Å². The minimum atomic E-state index is -1.83. The summed E-state index contributed by atoms with van der Waals surface area (Å²) in [5, 5.41) is 2.30. The molecule has 0 amide bonds. The topological polar surface area (TPSA) is 48.6 Å². The number of aliphatic imine (C=N–C) groups is 1. The zero-order chi connectivity index (χ0) is 41.2. The molecule has 0 unspecified atom stereocenters. The Morgan fingerprint density at radius 1 is 0.786 bits per heavy atom. The Labute approximate surface area is 350 Å². The molecule has 9 rings (SSSR count). The molecule has 2 aromatic heterocycles. The number of aryl methyl sites for hydroxylation is 5. The van der Waals surface area contributed by atoms with Gasteiger partial charge in [-0.2, -0.15) is 6.07 Å². The maximum Gasteiger partial charge on any atom is 2.00 e. The van der Waals surface area contributed by atoms with Crippen molar-refractivity contribution in [3.63, 3.8) is 0 Å². The number of rotatable bonds is 3. The van der Waals surface area contributed by atoms with Gasteiger partial charge in [-0.15, -0.1) is 28.6 Å². The molecule has 0 bridgehead atoms. The molecule has 2 atom stereocenters. The second-order valence-corrected chi connectivity index (χ2v) is 19.2. The smallest absolute Gasteiger partial charge is 0.510 e. The van der Waals surface area contributed by atoms with Gasteiger partial charge in [-0.3, -0.25) is 4.99 Å². The fraction of sp³-hybridized carbons (Fsp3) is 0.400. The van der Waals surface area contributed by atoms with E-state index in [-0.39, 0.29) is 31.9 Å². The van der Waals surface area contributed by atoms with Crippen LogP contribution < -0.4 is 4.74 Å². The maximum atomic E-state index is 9.77. The number of aromatic nitrogens is 2. The van der Waals surface area contributed by atoms with Gasteiger partial charge in [0.1, 0.15) is 22.9 Å². The van der Waals surface area contributed by atoms with Gasteiger partial charge >= 0.3 is 21.1 Å². The number of fused-ring (bicyclic) bond motifs is 8. The molecule has 3 aliphatic rings. The van der Waals surface area contributed by atoms with Gasteiger partial charge in [0.05, 0.1) is 0 Å². The molecule has 0 fully saturated rings. The van der Waals surface area contributed by atoms with Crippen molar-refractivity contribution in [2.75, 3.05) is 0 Å². The zero-order valence-electron chi connectivity index (χ0n) is 37.2. The molecule has 4 heterocycles. The van der Waals surface area contributed by atoms with Crippen LogP contribution in [0.5, 0.6) is 11.5 Å². The van der Waals surface area contributed by atoms with Crippen LogP contribution in [-0.4, -0.2) is 21.0 Å². The predicted octanol–water partition coefficient (Wildman–Crippen LogP) is 12.1. The fourth-order valence-electron chi connectivity index (χ4n) is 9.38. The normalized spacial score (nSPS) is 22.1. The van der Waals surface area contributed by atoms with E-state index in [9.17, 15) is 2.74 Å². The first-order valence-corrected chi connectivity index (χ1v) is 19.6. The zero-order valence-corrected chi connectivity index (χ0v) is 37.4. The van der Waals surface area contributed by atoms with E-state index in [1.807, 2.05) is 32.2 Å². The van der Waals surface area contributed by atoms with Gasteiger partial charge in [0, 0.05) is 48.7 Å². The van der Waals surface area contributed by atoms with Crippen LogP contribution in [0.25, 0.3) is 27.6 Å². The van der Waals surface area contributed by atoms with Crippen molar-refractivity contribution in [3.8, 4) is 17.3 Å². The van der Waals surface area contributed by atoms with Crippen molar-refractivity contribution < 1.29 is 33.3 Å². The van der Waals surface area contributed by atoms with E-state index >= 15 is 0 Å². The Hall–Kier alpha value is -4.21. The Balaban J connectivity index is 0.00000469. The molecular weight excluding hydrogens is 870 g/mol. The number of nitrogens with zero attached hydrogens (tertiary/aromatic N) is 3. The standard InChI is InChI=1S/C50H53N3O2.Pt/c1-27-15-37-36-19-31(5)42(24-41(36)53-43(37)39(16-27)48(12,13)40-17-28(2)26-51-44(40)53)54-35-22-32(21-34(23-35)46(6,7)8)45-52-49(14)38-20-30(4)29(3)18-33(38)25-50(49,55-45)47(9,10)11;/h15-21,23,26H,25H2,1-14H3;/q-2;+2/t49-,50-;/m1./s1/i25D2;. The SMILES string of the molecule is [2H]C1([2H])c2cc(C)c(C)cc2[C@@]2(C)N=C(c3[c-]c(Oc4[c-]c5c(cc4C)c4cc(C)cc6c4n5-c4ncc(C)cc4C6(C)C)cc(C(C)(C)C)c3)O[C@@]12C(C)(C)C.[Pt+2]. The summed E-state index contributed by atoms with van der Waals surface area (Å²) < 4.78 is 35.8. The van der Waals surface area contributed by atoms with Crippen molar-refractivity contribution in [2.45, 2.75) is 125 Å². The van der Waals surface area contributed by atoms with Crippen molar-refractivity contribution in [2.24, 2.45) is 10.4 Å². The Morgan fingerprint density at radius 2 is 1.48 bits per heavy atom. The molecule has 0 N–H and O–H groups in total. The molecule has 5 nitrogen and oxygen atoms in total. The van der Waals surface area contributed by atoms with Crippen LogP contribution in [0.3, 0.4) is 0 Å². The summed E-state index contributed by atoms with van der Waals surface area (Å²) in [6, 6.07) is 24.6. The molecule has 0 spiro atoms. The average Bonchev–Trinajstić information content (AvgIpc) is 3.65. The summed E-state index contributed by atoms with van der Waals surface area (Å²) in [6.07, 6.45) is 0.118. The molecule has 0 saturated heterocycles. The summed E-state index contributed by atoms with van der Waals surface area (Å²) >= 11 is 0. The number of benzene rings is 4. The molecular formula is C50H53N3O2Pt. The predicted molar refractivity (Wildman–Crippen MR) is 225 cm³/mol. The molecule has 6 heteroatoms. The fourth-order valence-corrected chi connectivity index (χ4v) is 9.38. The van der Waals surface area contributed by atoms with Crippen LogP contribution in [0.15, 0.2) is 59.7 Å². The number of pyridine rings is 1. The first kappa shape index (κ1) is 36.2.